The molecule has 6 rings (SSSR count). The second-order valence-electron chi connectivity index (χ2n) is 19.1. The number of rotatable bonds is 7. The summed E-state index contributed by atoms with van der Waals surface area (Å²) in [6, 6.07) is 0. The number of hydrogen-bond acceptors (Lipinski definition) is 7. The van der Waals surface area contributed by atoms with Gasteiger partial charge in [-0.15, -0.1) is 0 Å². The first-order valence-electron chi connectivity index (χ1n) is 19.8. The van der Waals surface area contributed by atoms with Crippen molar-refractivity contribution < 1.29 is 35.4 Å². The highest BCUT2D eigenvalue weighted by atomic mass is 16.5. The summed E-state index contributed by atoms with van der Waals surface area (Å²) in [5.74, 6) is 1.67. The van der Waals surface area contributed by atoms with Crippen molar-refractivity contribution in [3.8, 4) is 0 Å². The Balaban J connectivity index is 1.23. The molecule has 6 aliphatic carbocycles. The maximum absolute atomic E-state index is 12.4. The predicted molar refractivity (Wildman–Crippen MR) is 183 cm³/mol. The van der Waals surface area contributed by atoms with Crippen LogP contribution in [0, 0.1) is 70.0 Å². The maximum atomic E-state index is 12.4. The van der Waals surface area contributed by atoms with Gasteiger partial charge in [-0.1, -0.05) is 66.2 Å². The molecule has 6 N–H and O–H groups in total. The minimum absolute atomic E-state index is 0.0312. The highest BCUT2D eigenvalue weighted by molar-refractivity contribution is 5.22. The molecule has 16 unspecified atom stereocenters. The molecule has 6 aliphatic rings. The summed E-state index contributed by atoms with van der Waals surface area (Å²) < 4.78 is 6.21. The van der Waals surface area contributed by atoms with Gasteiger partial charge in [0.1, 0.15) is 5.60 Å². The van der Waals surface area contributed by atoms with Crippen molar-refractivity contribution in [2.75, 3.05) is 7.11 Å². The van der Waals surface area contributed by atoms with E-state index in [1.807, 2.05) is 21.0 Å². The lowest BCUT2D eigenvalue weighted by Gasteiger charge is -2.70. The second kappa shape index (κ2) is 13.7. The van der Waals surface area contributed by atoms with Crippen molar-refractivity contribution in [1.29, 1.82) is 0 Å². The molecule has 7 nitrogen and oxygen atoms in total. The number of aliphatic hydroxyl groups excluding tert-OH is 5. The van der Waals surface area contributed by atoms with Gasteiger partial charge in [-0.05, 0) is 112 Å². The molecule has 0 aromatic heterocycles. The molecule has 6 fully saturated rings. The summed E-state index contributed by atoms with van der Waals surface area (Å²) in [5, 5.41) is 70.6. The van der Waals surface area contributed by atoms with E-state index in [1.165, 1.54) is 51.4 Å². The lowest BCUT2D eigenvalue weighted by Crippen LogP contribution is -2.78. The lowest BCUT2D eigenvalue weighted by atomic mass is 9.38. The number of hydrogen-bond donors (Lipinski definition) is 6. The molecule has 47 heavy (non-hydrogen) atoms. The molecule has 0 radical (unpaired) electrons. The maximum Gasteiger partial charge on any atom is 0.122 e. The predicted octanol–water partition coefficient (Wildman–Crippen LogP) is 5.70. The van der Waals surface area contributed by atoms with Gasteiger partial charge in [0.05, 0.1) is 36.6 Å². The van der Waals surface area contributed by atoms with Gasteiger partial charge in [0.2, 0.25) is 0 Å². The Labute approximate surface area is 285 Å². The number of fused-ring (bicyclic) bond motifs is 3. The SMILES string of the molecule is COC1CCC(CCCC2CCCC(C)C2)CC1C1CCC(O)C2C(O)C3C(O)[C@]4(O)C(O)C(C(C)O)C(C)C[C@]4(C)C[C@]3(C)CC12. The third-order valence-corrected chi connectivity index (χ3v) is 16.0. The van der Waals surface area contributed by atoms with Crippen LogP contribution in [0.1, 0.15) is 131 Å². The summed E-state index contributed by atoms with van der Waals surface area (Å²) in [4.78, 5) is 0. The van der Waals surface area contributed by atoms with Crippen molar-refractivity contribution in [3.05, 3.63) is 0 Å². The average molecular weight is 663 g/mol. The smallest absolute Gasteiger partial charge is 0.122 e. The molecule has 0 heterocycles. The zero-order valence-corrected chi connectivity index (χ0v) is 30.4. The highest BCUT2D eigenvalue weighted by Gasteiger charge is 2.73. The van der Waals surface area contributed by atoms with Crippen LogP contribution in [0.2, 0.25) is 0 Å². The van der Waals surface area contributed by atoms with Crippen LogP contribution in [-0.4, -0.2) is 80.0 Å². The Morgan fingerprint density at radius 3 is 2.17 bits per heavy atom. The van der Waals surface area contributed by atoms with Gasteiger partial charge in [0, 0.05) is 30.3 Å². The van der Waals surface area contributed by atoms with Gasteiger partial charge in [-0.2, -0.15) is 0 Å². The van der Waals surface area contributed by atoms with Gasteiger partial charge in [0.15, 0.2) is 0 Å². The number of aliphatic hydroxyl groups is 6. The molecule has 272 valence electrons. The fourth-order valence-corrected chi connectivity index (χ4v) is 14.1. The molecule has 0 aromatic carbocycles. The van der Waals surface area contributed by atoms with Crippen LogP contribution in [0.5, 0.6) is 0 Å². The average Bonchev–Trinajstić information content (AvgIpc) is 2.99. The summed E-state index contributed by atoms with van der Waals surface area (Å²) in [7, 11) is 1.86. The minimum atomic E-state index is -1.86. The van der Waals surface area contributed by atoms with Crippen LogP contribution in [0.3, 0.4) is 0 Å². The molecule has 0 bridgehead atoms. The Bertz CT molecular complexity index is 1070. The molecule has 0 amide bonds. The van der Waals surface area contributed by atoms with Crippen molar-refractivity contribution in [2.45, 2.75) is 173 Å². The van der Waals surface area contributed by atoms with Crippen LogP contribution in [0.25, 0.3) is 0 Å². The molecule has 0 aliphatic heterocycles. The zero-order valence-electron chi connectivity index (χ0n) is 30.4. The third-order valence-electron chi connectivity index (χ3n) is 16.0. The number of ether oxygens (including phenoxy) is 1. The first-order valence-corrected chi connectivity index (χ1v) is 19.8. The molecule has 0 aromatic rings. The van der Waals surface area contributed by atoms with E-state index in [-0.39, 0.29) is 23.9 Å². The second-order valence-corrected chi connectivity index (χ2v) is 19.1. The topological polar surface area (TPSA) is 131 Å². The van der Waals surface area contributed by atoms with Crippen LogP contribution in [-0.2, 0) is 4.74 Å². The molecule has 7 heteroatoms. The zero-order chi connectivity index (χ0) is 34.1. The van der Waals surface area contributed by atoms with Crippen LogP contribution >= 0.6 is 0 Å². The van der Waals surface area contributed by atoms with E-state index >= 15 is 0 Å². The van der Waals surface area contributed by atoms with E-state index < -0.39 is 58.8 Å². The third kappa shape index (κ3) is 6.20. The standard InChI is InChI=1S/C40H70O7/c1-22-9-7-10-25(17-22)11-8-12-26-13-16-31(47-6)28(18-26)27-14-15-30(42)33-29(27)20-38(4)21-39(5)19-23(2)32(24(3)41)36(44)40(39,46)37(45)34(38)35(33)43/h22-37,41-46H,7-21H2,1-6H3/t22?,23?,24?,25?,26?,27?,28?,29?,30?,31?,32?,33?,34?,35?,36?,37?,38-,39+,40+/m0/s1. The van der Waals surface area contributed by atoms with Crippen LogP contribution in [0.4, 0.5) is 0 Å². The molecule has 6 saturated carbocycles. The largest absolute Gasteiger partial charge is 0.393 e. The molecular formula is C40H70O7. The Morgan fingerprint density at radius 2 is 1.51 bits per heavy atom. The van der Waals surface area contributed by atoms with Gasteiger partial charge < -0.3 is 35.4 Å². The van der Waals surface area contributed by atoms with Crippen molar-refractivity contribution in [1.82, 2.24) is 0 Å². The Hall–Kier alpha value is -0.280. The van der Waals surface area contributed by atoms with Crippen LogP contribution in [0.15, 0.2) is 0 Å². The van der Waals surface area contributed by atoms with E-state index in [2.05, 4.69) is 13.8 Å². The van der Waals surface area contributed by atoms with E-state index in [1.54, 1.807) is 6.92 Å². The summed E-state index contributed by atoms with van der Waals surface area (Å²) in [6.45, 7) is 10.3. The van der Waals surface area contributed by atoms with Crippen LogP contribution < -0.4 is 0 Å². The van der Waals surface area contributed by atoms with Crippen molar-refractivity contribution in [3.63, 3.8) is 0 Å². The minimum Gasteiger partial charge on any atom is -0.393 e. The Kier molecular flexibility index (Phi) is 10.6. The molecule has 19 atom stereocenters. The van der Waals surface area contributed by atoms with Crippen molar-refractivity contribution in [2.24, 2.45) is 70.0 Å². The van der Waals surface area contributed by atoms with E-state index in [0.29, 0.717) is 37.0 Å². The summed E-state index contributed by atoms with van der Waals surface area (Å²) >= 11 is 0. The van der Waals surface area contributed by atoms with E-state index in [0.717, 1.165) is 37.5 Å². The van der Waals surface area contributed by atoms with E-state index in [9.17, 15) is 30.6 Å². The first-order chi connectivity index (χ1) is 22.1. The van der Waals surface area contributed by atoms with Gasteiger partial charge in [-0.3, -0.25) is 0 Å². The summed E-state index contributed by atoms with van der Waals surface area (Å²) in [5.41, 5.74) is -3.11. The van der Waals surface area contributed by atoms with Gasteiger partial charge in [-0.25, -0.2) is 0 Å². The normalized spacial score (nSPS) is 55.8. The lowest BCUT2D eigenvalue weighted by molar-refractivity contribution is -0.333. The highest BCUT2D eigenvalue weighted by Crippen LogP contribution is 2.68. The van der Waals surface area contributed by atoms with Gasteiger partial charge >= 0.3 is 0 Å². The monoisotopic (exact) mass is 663 g/mol. The Morgan fingerprint density at radius 1 is 0.809 bits per heavy atom. The fourth-order valence-electron chi connectivity index (χ4n) is 14.1. The first kappa shape index (κ1) is 36.5. The fraction of sp³-hybridized carbons (Fsp3) is 1.00. The van der Waals surface area contributed by atoms with E-state index in [4.69, 9.17) is 4.74 Å². The molecule has 0 saturated heterocycles. The summed E-state index contributed by atoms with van der Waals surface area (Å²) in [6.07, 6.45) is 11.6. The van der Waals surface area contributed by atoms with Crippen molar-refractivity contribution >= 4 is 0 Å². The quantitative estimate of drug-likeness (QED) is 0.206. The number of methoxy groups -OCH3 is 1. The molecular weight excluding hydrogens is 592 g/mol. The van der Waals surface area contributed by atoms with Gasteiger partial charge in [0.25, 0.3) is 0 Å². The molecule has 0 spiro atoms.